The largest absolute Gasteiger partial charge is 0.376 e. The minimum Gasteiger partial charge on any atom is -0.376 e. The Labute approximate surface area is 84.2 Å². The van der Waals surface area contributed by atoms with E-state index in [1.54, 1.807) is 28.4 Å². The molecule has 0 aromatic heterocycles. The molecule has 0 aromatic rings. The number of methoxy groups -OCH3 is 4. The lowest BCUT2D eigenvalue weighted by atomic mass is 10.0. The SMILES string of the molecule is CO[C]1OCC(OC)C(OC)C1OC. The van der Waals surface area contributed by atoms with Crippen molar-refractivity contribution in [2.75, 3.05) is 35.0 Å². The Hall–Kier alpha value is -0.200. The van der Waals surface area contributed by atoms with E-state index in [9.17, 15) is 0 Å². The fourth-order valence-corrected chi connectivity index (χ4v) is 1.55. The zero-order chi connectivity index (χ0) is 10.6. The Morgan fingerprint density at radius 1 is 1.07 bits per heavy atom. The normalized spacial score (nSPS) is 34.7. The quantitative estimate of drug-likeness (QED) is 0.656. The van der Waals surface area contributed by atoms with Crippen LogP contribution < -0.4 is 0 Å². The molecule has 3 unspecified atom stereocenters. The summed E-state index contributed by atoms with van der Waals surface area (Å²) in [6.45, 7) is 0.415. The summed E-state index contributed by atoms with van der Waals surface area (Å²) in [4.78, 5) is 0. The Kier molecular flexibility index (Phi) is 4.77. The third-order valence-electron chi connectivity index (χ3n) is 2.32. The first-order valence-electron chi connectivity index (χ1n) is 4.40. The molecule has 1 rings (SSSR count). The number of hydrogen-bond acceptors (Lipinski definition) is 5. The van der Waals surface area contributed by atoms with Gasteiger partial charge in [0.1, 0.15) is 18.3 Å². The van der Waals surface area contributed by atoms with E-state index >= 15 is 0 Å². The lowest BCUT2D eigenvalue weighted by Crippen LogP contribution is -2.52. The van der Waals surface area contributed by atoms with Gasteiger partial charge in [0.15, 0.2) is 0 Å². The van der Waals surface area contributed by atoms with Gasteiger partial charge < -0.3 is 23.7 Å². The van der Waals surface area contributed by atoms with E-state index in [1.807, 2.05) is 0 Å². The van der Waals surface area contributed by atoms with Crippen molar-refractivity contribution >= 4 is 0 Å². The molecule has 0 amide bonds. The topological polar surface area (TPSA) is 46.2 Å². The van der Waals surface area contributed by atoms with Crippen LogP contribution in [-0.4, -0.2) is 53.4 Å². The van der Waals surface area contributed by atoms with Crippen molar-refractivity contribution in [3.05, 3.63) is 6.29 Å². The molecule has 1 radical (unpaired) electrons. The first kappa shape index (κ1) is 11.9. The summed E-state index contributed by atoms with van der Waals surface area (Å²) in [5.74, 6) is 0. The van der Waals surface area contributed by atoms with E-state index in [-0.39, 0.29) is 18.3 Å². The Morgan fingerprint density at radius 2 is 1.79 bits per heavy atom. The van der Waals surface area contributed by atoms with Gasteiger partial charge in [0.25, 0.3) is 6.29 Å². The highest BCUT2D eigenvalue weighted by Crippen LogP contribution is 2.27. The minimum absolute atomic E-state index is 0.135. The first-order valence-corrected chi connectivity index (χ1v) is 4.40. The highest BCUT2D eigenvalue weighted by Gasteiger charge is 2.42. The fourth-order valence-electron chi connectivity index (χ4n) is 1.55. The summed E-state index contributed by atoms with van der Waals surface area (Å²) >= 11 is 0. The van der Waals surface area contributed by atoms with Crippen LogP contribution >= 0.6 is 0 Å². The molecule has 83 valence electrons. The van der Waals surface area contributed by atoms with Gasteiger partial charge in [-0.3, -0.25) is 0 Å². The lowest BCUT2D eigenvalue weighted by molar-refractivity contribution is -0.220. The second-order valence-electron chi connectivity index (χ2n) is 2.96. The number of hydrogen-bond donors (Lipinski definition) is 0. The molecule has 3 atom stereocenters. The molecule has 0 N–H and O–H groups in total. The van der Waals surface area contributed by atoms with E-state index in [0.717, 1.165) is 0 Å². The molecule has 0 saturated carbocycles. The highest BCUT2D eigenvalue weighted by atomic mass is 16.7. The third kappa shape index (κ3) is 2.24. The van der Waals surface area contributed by atoms with E-state index in [2.05, 4.69) is 0 Å². The van der Waals surface area contributed by atoms with Crippen LogP contribution in [0.1, 0.15) is 0 Å². The molecular formula is C9H17O5. The molecule has 0 aliphatic carbocycles. The van der Waals surface area contributed by atoms with Gasteiger partial charge in [-0.05, 0) is 0 Å². The molecule has 1 saturated heterocycles. The van der Waals surface area contributed by atoms with Crippen molar-refractivity contribution in [2.45, 2.75) is 18.3 Å². The number of rotatable bonds is 4. The van der Waals surface area contributed by atoms with Crippen LogP contribution in [0, 0.1) is 6.29 Å². The van der Waals surface area contributed by atoms with Gasteiger partial charge in [-0.2, -0.15) is 0 Å². The van der Waals surface area contributed by atoms with Gasteiger partial charge in [0.2, 0.25) is 0 Å². The average Bonchev–Trinajstić information content (AvgIpc) is 2.26. The van der Waals surface area contributed by atoms with Gasteiger partial charge in [0.05, 0.1) is 6.61 Å². The van der Waals surface area contributed by atoms with Crippen molar-refractivity contribution in [2.24, 2.45) is 0 Å². The predicted octanol–water partition coefficient (Wildman–Crippen LogP) is 0.197. The molecule has 14 heavy (non-hydrogen) atoms. The predicted molar refractivity (Wildman–Crippen MR) is 48.6 cm³/mol. The Morgan fingerprint density at radius 3 is 2.21 bits per heavy atom. The van der Waals surface area contributed by atoms with Gasteiger partial charge in [-0.25, -0.2) is 0 Å². The molecule has 0 bridgehead atoms. The lowest BCUT2D eigenvalue weighted by Gasteiger charge is -2.38. The van der Waals surface area contributed by atoms with Crippen molar-refractivity contribution in [1.82, 2.24) is 0 Å². The summed E-state index contributed by atoms with van der Waals surface area (Å²) < 4.78 is 26.1. The molecule has 1 fully saturated rings. The van der Waals surface area contributed by atoms with Crippen LogP contribution in [0.4, 0.5) is 0 Å². The Balaban J connectivity index is 2.67. The van der Waals surface area contributed by atoms with Crippen LogP contribution in [0.5, 0.6) is 0 Å². The smallest absolute Gasteiger partial charge is 0.256 e. The zero-order valence-corrected chi connectivity index (χ0v) is 8.98. The van der Waals surface area contributed by atoms with Crippen LogP contribution in [0.25, 0.3) is 0 Å². The van der Waals surface area contributed by atoms with Gasteiger partial charge in [0, 0.05) is 28.4 Å². The molecule has 0 spiro atoms. The van der Waals surface area contributed by atoms with Crippen molar-refractivity contribution < 1.29 is 23.7 Å². The first-order chi connectivity index (χ1) is 6.78. The summed E-state index contributed by atoms with van der Waals surface area (Å²) in [5.41, 5.74) is 0. The maximum absolute atomic E-state index is 5.33. The summed E-state index contributed by atoms with van der Waals surface area (Å²) in [7, 11) is 6.35. The van der Waals surface area contributed by atoms with Crippen LogP contribution in [-0.2, 0) is 23.7 Å². The summed E-state index contributed by atoms with van der Waals surface area (Å²) in [5, 5.41) is 0. The molecule has 1 heterocycles. The molecular weight excluding hydrogens is 188 g/mol. The van der Waals surface area contributed by atoms with Crippen LogP contribution in [0.3, 0.4) is 0 Å². The van der Waals surface area contributed by atoms with Gasteiger partial charge in [-0.15, -0.1) is 0 Å². The van der Waals surface area contributed by atoms with Gasteiger partial charge in [-0.1, -0.05) is 0 Å². The van der Waals surface area contributed by atoms with E-state index in [0.29, 0.717) is 12.9 Å². The molecule has 5 heteroatoms. The molecule has 0 aromatic carbocycles. The second kappa shape index (κ2) is 5.63. The van der Waals surface area contributed by atoms with Crippen LogP contribution in [0.15, 0.2) is 0 Å². The Bertz CT molecular complexity index is 145. The number of ether oxygens (including phenoxy) is 5. The average molecular weight is 205 g/mol. The van der Waals surface area contributed by atoms with Crippen molar-refractivity contribution in [1.29, 1.82) is 0 Å². The van der Waals surface area contributed by atoms with Gasteiger partial charge >= 0.3 is 0 Å². The minimum atomic E-state index is -0.344. The summed E-state index contributed by atoms with van der Waals surface area (Å²) in [6.07, 6.45) is -0.242. The van der Waals surface area contributed by atoms with E-state index in [4.69, 9.17) is 23.7 Å². The van der Waals surface area contributed by atoms with Crippen LogP contribution in [0.2, 0.25) is 0 Å². The summed E-state index contributed by atoms with van der Waals surface area (Å²) in [6, 6.07) is 0. The van der Waals surface area contributed by atoms with Crippen molar-refractivity contribution in [3.63, 3.8) is 0 Å². The molecule has 1 aliphatic rings. The highest BCUT2D eigenvalue weighted by molar-refractivity contribution is 4.94. The molecule has 5 nitrogen and oxygen atoms in total. The maximum Gasteiger partial charge on any atom is 0.256 e. The third-order valence-corrected chi connectivity index (χ3v) is 2.32. The van der Waals surface area contributed by atoms with Crippen molar-refractivity contribution in [3.8, 4) is 0 Å². The zero-order valence-electron chi connectivity index (χ0n) is 8.98. The van der Waals surface area contributed by atoms with E-state index < -0.39 is 0 Å². The second-order valence-corrected chi connectivity index (χ2v) is 2.96. The van der Waals surface area contributed by atoms with E-state index in [1.165, 1.54) is 0 Å². The fraction of sp³-hybridized carbons (Fsp3) is 0.889. The monoisotopic (exact) mass is 205 g/mol. The molecule has 1 aliphatic heterocycles. The maximum atomic E-state index is 5.33. The standard InChI is InChI=1S/C9H17O5/c1-10-6-5-14-9(13-4)8(12-3)7(6)11-2/h6-8H,5H2,1-4H3.